The van der Waals surface area contributed by atoms with E-state index in [0.29, 0.717) is 12.8 Å². The summed E-state index contributed by atoms with van der Waals surface area (Å²) in [5.41, 5.74) is -1.86. The summed E-state index contributed by atoms with van der Waals surface area (Å²) in [4.78, 5) is 44.7. The van der Waals surface area contributed by atoms with Crippen molar-refractivity contribution in [3.8, 4) is 11.5 Å². The number of hydrogen-bond acceptors (Lipinski definition) is 6. The van der Waals surface area contributed by atoms with Crippen molar-refractivity contribution in [2.24, 2.45) is 0 Å². The maximum Gasteiger partial charge on any atom is 0.311 e. The molecule has 0 spiro atoms. The molecular weight excluding hydrogens is 240 g/mol. The van der Waals surface area contributed by atoms with Gasteiger partial charge in [0.1, 0.15) is 0 Å². The molecule has 0 amide bonds. The van der Waals surface area contributed by atoms with Gasteiger partial charge in [0.15, 0.2) is 0 Å². The molecule has 0 aromatic heterocycles. The fraction of sp³-hybridized carbons (Fsp3) is 0.500. The summed E-state index contributed by atoms with van der Waals surface area (Å²) in [6, 6.07) is 0. The van der Waals surface area contributed by atoms with E-state index >= 15 is 0 Å². The van der Waals surface area contributed by atoms with E-state index in [1.165, 1.54) is 0 Å². The van der Waals surface area contributed by atoms with E-state index < -0.39 is 34.3 Å². The molecule has 6 nitrogen and oxygen atoms in total. The molecule has 0 aliphatic heterocycles. The molecule has 0 radical (unpaired) electrons. The molecule has 0 aliphatic carbocycles. The summed E-state index contributed by atoms with van der Waals surface area (Å²) in [6.07, 6.45) is 1.36. The minimum Gasteiger partial charge on any atom is -0.418 e. The van der Waals surface area contributed by atoms with Crippen LogP contribution in [0.15, 0.2) is 9.59 Å². The van der Waals surface area contributed by atoms with Gasteiger partial charge in [-0.05, 0) is 12.8 Å². The lowest BCUT2D eigenvalue weighted by Crippen LogP contribution is -2.36. The van der Waals surface area contributed by atoms with Gasteiger partial charge in [-0.15, -0.1) is 0 Å². The zero-order chi connectivity index (χ0) is 13.7. The first kappa shape index (κ1) is 14.1. The normalized spacial score (nSPS) is 10.3. The van der Waals surface area contributed by atoms with Gasteiger partial charge in [-0.25, -0.2) is 0 Å². The predicted octanol–water partition coefficient (Wildman–Crippen LogP) is 0.694. The van der Waals surface area contributed by atoms with Gasteiger partial charge >= 0.3 is 11.9 Å². The van der Waals surface area contributed by atoms with Gasteiger partial charge in [-0.3, -0.25) is 19.2 Å². The summed E-state index contributed by atoms with van der Waals surface area (Å²) in [5, 5.41) is 0. The molecule has 18 heavy (non-hydrogen) atoms. The van der Waals surface area contributed by atoms with E-state index in [2.05, 4.69) is 0 Å². The van der Waals surface area contributed by atoms with Crippen LogP contribution < -0.4 is 20.3 Å². The van der Waals surface area contributed by atoms with E-state index in [1.54, 1.807) is 13.8 Å². The fourth-order valence-electron chi connectivity index (χ4n) is 1.27. The molecule has 6 heteroatoms. The Morgan fingerprint density at radius 3 is 1.44 bits per heavy atom. The Bertz CT molecular complexity index is 473. The summed E-state index contributed by atoms with van der Waals surface area (Å²) in [7, 11) is 0. The molecule has 0 aliphatic rings. The highest BCUT2D eigenvalue weighted by molar-refractivity contribution is 5.77. The number of carbonyl (C=O) groups excluding carboxylic acids is 2. The van der Waals surface area contributed by atoms with Crippen molar-refractivity contribution in [1.29, 1.82) is 0 Å². The van der Waals surface area contributed by atoms with Crippen molar-refractivity contribution < 1.29 is 19.1 Å². The van der Waals surface area contributed by atoms with Crippen LogP contribution in [0.1, 0.15) is 39.5 Å². The van der Waals surface area contributed by atoms with Crippen molar-refractivity contribution in [3.63, 3.8) is 0 Å². The summed E-state index contributed by atoms with van der Waals surface area (Å²) in [5.74, 6) is -2.17. The number of esters is 2. The molecule has 0 heterocycles. The van der Waals surface area contributed by atoms with E-state index in [4.69, 9.17) is 9.47 Å². The van der Waals surface area contributed by atoms with Crippen LogP contribution in [0, 0.1) is 0 Å². The second-order valence-electron chi connectivity index (χ2n) is 3.76. The highest BCUT2D eigenvalue weighted by atomic mass is 16.6. The third kappa shape index (κ3) is 3.03. The molecule has 1 aromatic carbocycles. The molecular formula is C12H14O6. The van der Waals surface area contributed by atoms with Crippen LogP contribution in [0.2, 0.25) is 0 Å². The Balaban J connectivity index is 2.78. The minimum atomic E-state index is -0.932. The molecule has 0 fully saturated rings. The SMILES string of the molecule is CCCC(=O)Oc1c(OC(=O)CCC)c(=O)c1=O. The third-order valence-electron chi connectivity index (χ3n) is 2.16. The fourth-order valence-corrected chi connectivity index (χ4v) is 1.27. The van der Waals surface area contributed by atoms with Gasteiger partial charge in [0.05, 0.1) is 0 Å². The monoisotopic (exact) mass is 254 g/mol. The lowest BCUT2D eigenvalue weighted by Gasteiger charge is -2.10. The molecule has 0 atom stereocenters. The second kappa shape index (κ2) is 6.09. The molecule has 0 bridgehead atoms. The molecule has 0 unspecified atom stereocenters. The number of ether oxygens (including phenoxy) is 2. The standard InChI is InChI=1S/C12H14O6/c1-3-5-7(13)17-11-9(15)10(16)12(11)18-8(14)6-4-2/h3-6H2,1-2H3. The lowest BCUT2D eigenvalue weighted by atomic mass is 10.2. The maximum absolute atomic E-state index is 11.2. The van der Waals surface area contributed by atoms with Crippen LogP contribution in [-0.2, 0) is 9.59 Å². The van der Waals surface area contributed by atoms with E-state index in [0.717, 1.165) is 0 Å². The first-order chi connectivity index (χ1) is 8.51. The Kier molecular flexibility index (Phi) is 4.76. The summed E-state index contributed by atoms with van der Waals surface area (Å²) in [6.45, 7) is 3.54. The number of rotatable bonds is 6. The number of carbonyl (C=O) groups is 2. The zero-order valence-corrected chi connectivity index (χ0v) is 10.3. The average molecular weight is 254 g/mol. The first-order valence-corrected chi connectivity index (χ1v) is 5.75. The van der Waals surface area contributed by atoms with Gasteiger partial charge in [0.2, 0.25) is 11.5 Å². The van der Waals surface area contributed by atoms with Crippen LogP contribution in [0.5, 0.6) is 11.5 Å². The van der Waals surface area contributed by atoms with Crippen molar-refractivity contribution in [1.82, 2.24) is 0 Å². The predicted molar refractivity (Wildman–Crippen MR) is 62.4 cm³/mol. The Hall–Kier alpha value is -1.98. The Labute approximate surface area is 103 Å². The zero-order valence-electron chi connectivity index (χ0n) is 10.3. The first-order valence-electron chi connectivity index (χ1n) is 5.75. The minimum absolute atomic E-state index is 0.126. The summed E-state index contributed by atoms with van der Waals surface area (Å²) < 4.78 is 9.39. The molecule has 1 aromatic rings. The molecule has 1 rings (SSSR count). The highest BCUT2D eigenvalue weighted by Crippen LogP contribution is 2.21. The van der Waals surface area contributed by atoms with Crippen molar-refractivity contribution >= 4 is 11.9 Å². The average Bonchev–Trinajstić information content (AvgIpc) is 2.34. The molecule has 0 saturated heterocycles. The van der Waals surface area contributed by atoms with Gasteiger partial charge in [-0.1, -0.05) is 13.8 Å². The van der Waals surface area contributed by atoms with Crippen molar-refractivity contribution in [3.05, 3.63) is 20.4 Å². The molecule has 0 saturated carbocycles. The van der Waals surface area contributed by atoms with Crippen LogP contribution in [0.25, 0.3) is 0 Å². The van der Waals surface area contributed by atoms with E-state index in [1.807, 2.05) is 0 Å². The van der Waals surface area contributed by atoms with Gasteiger partial charge in [-0.2, -0.15) is 0 Å². The lowest BCUT2D eigenvalue weighted by molar-refractivity contribution is -0.137. The van der Waals surface area contributed by atoms with Gasteiger partial charge < -0.3 is 9.47 Å². The van der Waals surface area contributed by atoms with E-state index in [-0.39, 0.29) is 12.8 Å². The van der Waals surface area contributed by atoms with Crippen LogP contribution in [0.3, 0.4) is 0 Å². The number of hydrogen-bond donors (Lipinski definition) is 0. The highest BCUT2D eigenvalue weighted by Gasteiger charge is 2.28. The smallest absolute Gasteiger partial charge is 0.311 e. The third-order valence-corrected chi connectivity index (χ3v) is 2.16. The Morgan fingerprint density at radius 2 is 1.17 bits per heavy atom. The van der Waals surface area contributed by atoms with Crippen LogP contribution >= 0.6 is 0 Å². The van der Waals surface area contributed by atoms with E-state index in [9.17, 15) is 19.2 Å². The Morgan fingerprint density at radius 1 is 0.833 bits per heavy atom. The van der Waals surface area contributed by atoms with Crippen molar-refractivity contribution in [2.45, 2.75) is 39.5 Å². The summed E-state index contributed by atoms with van der Waals surface area (Å²) >= 11 is 0. The molecule has 98 valence electrons. The largest absolute Gasteiger partial charge is 0.418 e. The van der Waals surface area contributed by atoms with Crippen molar-refractivity contribution in [2.75, 3.05) is 0 Å². The van der Waals surface area contributed by atoms with Crippen LogP contribution in [0.4, 0.5) is 0 Å². The van der Waals surface area contributed by atoms with Gasteiger partial charge in [0, 0.05) is 12.8 Å². The molecule has 0 N–H and O–H groups in total. The second-order valence-corrected chi connectivity index (χ2v) is 3.76. The topological polar surface area (TPSA) is 86.7 Å². The maximum atomic E-state index is 11.2. The van der Waals surface area contributed by atoms with Gasteiger partial charge in [0.25, 0.3) is 10.9 Å². The quantitative estimate of drug-likeness (QED) is 0.548. The van der Waals surface area contributed by atoms with Crippen LogP contribution in [-0.4, -0.2) is 11.9 Å².